The quantitative estimate of drug-likeness (QED) is 0.0292. The average molecular weight is 1700 g/mol. The number of carboxylic acids is 1. The van der Waals surface area contributed by atoms with Crippen LogP contribution in [0.3, 0.4) is 0 Å². The highest BCUT2D eigenvalue weighted by Gasteiger charge is 2.56. The summed E-state index contributed by atoms with van der Waals surface area (Å²) < 4.78 is 53.6. The topological polar surface area (TPSA) is 561 Å². The lowest BCUT2D eigenvalue weighted by molar-refractivity contribution is -0.443. The molecule has 13 rings (SSSR count). The molecule has 7 amide bonds. The van der Waals surface area contributed by atoms with Crippen LogP contribution in [0.5, 0.6) is 46.0 Å². The van der Waals surface area contributed by atoms with Crippen molar-refractivity contribution in [3.05, 3.63) is 118 Å². The Kier molecular flexibility index (Phi) is 29.3. The third-order valence-electron chi connectivity index (χ3n) is 22.5. The van der Waals surface area contributed by atoms with Gasteiger partial charge in [0.05, 0.1) is 61.0 Å². The number of unbranched alkanes of at least 4 members (excludes halogenated alkanes) is 7. The SMILES string of the molecule is CCCCCCCCCCNC1(C)C[C@@H](O[C@]2(Oc3c4cc5cc3Oc3ccc(cc3Cl)[C@@H](O)[C@@H](NC(=O)[C@@H](CC(C)C)NC)C(=O)N[C@@H](CC(N)=O)C(=O)N[C@H]5C(=O)N[C@H]3C(=O)N[C@H](C(=O)N[C@H](C(=O)O)c5cc(O)cc(O)c5-c5cc3ccc5O)[C@H](O[C@@H]3CC(C)(N)[C@H](O)[C@@H](C)O3)c3ccc(cc3)O4)C[C@@H](O)[C@H](O)[C@@H](CO)O2)O[C@H](C)[C@H]1O. The number of ether oxygens (including phenoxy) is 8. The van der Waals surface area contributed by atoms with E-state index in [1.165, 1.54) is 57.3 Å². The van der Waals surface area contributed by atoms with Gasteiger partial charge in [0.15, 0.2) is 30.1 Å². The summed E-state index contributed by atoms with van der Waals surface area (Å²) in [5.74, 6) is -18.3. The molecule has 22 N–H and O–H groups in total. The number of likely N-dealkylation sites (N-methyl/N-ethyl adjacent to an activating group) is 1. The minimum Gasteiger partial charge on any atom is -0.508 e. The fraction of sp³-hybridized carbons (Fsp3) is 0.542. The van der Waals surface area contributed by atoms with E-state index < -0.39 is 250 Å². The molecule has 21 atom stereocenters. The number of aliphatic carboxylic acids is 1. The lowest BCUT2D eigenvalue weighted by Gasteiger charge is -2.49. The predicted octanol–water partition coefficient (Wildman–Crippen LogP) is 3.81. The van der Waals surface area contributed by atoms with Gasteiger partial charge in [-0.25, -0.2) is 4.79 Å². The molecule has 3 saturated heterocycles. The summed E-state index contributed by atoms with van der Waals surface area (Å²) in [5.41, 5.74) is 7.37. The van der Waals surface area contributed by atoms with Crippen LogP contribution in [0.25, 0.3) is 11.1 Å². The Morgan fingerprint density at radius 2 is 1.32 bits per heavy atom. The number of aliphatic hydroxyl groups is 6. The number of phenolic OH excluding ortho intramolecular Hbond substituents is 3. The van der Waals surface area contributed by atoms with Crippen LogP contribution in [0.15, 0.2) is 84.9 Å². The number of fused-ring (bicyclic) bond motifs is 15. The molecule has 5 aromatic rings. The summed E-state index contributed by atoms with van der Waals surface area (Å²) in [6.45, 7) is 11.6. The molecule has 0 radical (unpaired) electrons. The minimum atomic E-state index is -2.80. The van der Waals surface area contributed by atoms with Crippen LogP contribution in [0, 0.1) is 5.92 Å². The van der Waals surface area contributed by atoms with Crippen molar-refractivity contribution in [3.63, 3.8) is 0 Å². The molecule has 36 nitrogen and oxygen atoms in total. The van der Waals surface area contributed by atoms with Gasteiger partial charge in [0.1, 0.15) is 83.4 Å². The monoisotopic (exact) mass is 1700 g/mol. The van der Waals surface area contributed by atoms with Crippen molar-refractivity contribution in [2.24, 2.45) is 17.4 Å². The van der Waals surface area contributed by atoms with Crippen LogP contribution in [0.2, 0.25) is 5.02 Å². The van der Waals surface area contributed by atoms with Crippen LogP contribution < -0.4 is 68.2 Å². The molecule has 37 heteroatoms. The first kappa shape index (κ1) is 91.1. The Morgan fingerprint density at radius 1 is 0.683 bits per heavy atom. The Hall–Kier alpha value is -9.61. The lowest BCUT2D eigenvalue weighted by atomic mass is 9.85. The molecular formula is C83H109ClN10O26. The number of rotatable bonds is 25. The van der Waals surface area contributed by atoms with E-state index in [1.54, 1.807) is 13.8 Å². The van der Waals surface area contributed by atoms with E-state index >= 15 is 24.0 Å². The van der Waals surface area contributed by atoms with E-state index in [0.29, 0.717) is 6.54 Å². The van der Waals surface area contributed by atoms with E-state index in [0.717, 1.165) is 99.9 Å². The van der Waals surface area contributed by atoms with E-state index in [9.17, 15) is 65.4 Å². The van der Waals surface area contributed by atoms with Gasteiger partial charge >= 0.3 is 11.9 Å². The largest absolute Gasteiger partial charge is 0.508 e. The number of carboxylic acid groups (broad SMARTS) is 1. The van der Waals surface area contributed by atoms with Gasteiger partial charge in [-0.3, -0.25) is 38.3 Å². The molecule has 11 bridgehead atoms. The number of hydrogen-bond donors (Lipinski definition) is 20. The molecule has 5 aromatic carbocycles. The van der Waals surface area contributed by atoms with Crippen LogP contribution in [-0.2, 0) is 62.0 Å². The third-order valence-corrected chi connectivity index (χ3v) is 22.8. The molecule has 8 aliphatic heterocycles. The van der Waals surface area contributed by atoms with Gasteiger partial charge in [-0.1, -0.05) is 102 Å². The maximum absolute atomic E-state index is 16.5. The van der Waals surface area contributed by atoms with Crippen molar-refractivity contribution in [3.8, 4) is 57.1 Å². The van der Waals surface area contributed by atoms with Gasteiger partial charge in [-0.15, -0.1) is 0 Å². The number of benzene rings is 5. The maximum atomic E-state index is 16.5. The standard InChI is InChI=1S/C83H109ClN10O26/c1-9-10-11-12-13-14-15-16-25-88-82(7)36-61(114-40(5)73(82)104)119-83(34-54(99)69(102)58(37-95)118-83)120-71-56-29-44-30-57(71)116-55-24-20-43(28-49(55)84)68(101)66(93-74(105)50(87-8)26-38(2)3)78(109)89-51(33-59(85)100)75(106)90-64(44)77(108)91-63-42-19-23-52(97)47(27-42)62-48(31-45(96)32-53(62)98)65(80(111)112)92-79(110)67(94-76(63)107)70(41-17-21-46(115-56)22-18-41)117-60-35-81(6,86)72(103)39(4)113-60/h17-24,27-32,38-40,50-51,54,58,60-61,63-70,72-73,87-88,95-99,101-104H,9-16,25-26,33-37,86H2,1-8H3,(H2,85,100)(H,89,109)(H,90,106)(H,91,108)(H,92,110)(H,93,105)(H,94,107)(H,111,112)/t39-,40-,50-,51+,54-,58-,60-,61-,63-,64-,65+,66-,67+,68-,69+,70-,72-,73-,81?,82?,83+/m1/s1. The predicted molar refractivity (Wildman–Crippen MR) is 427 cm³/mol. The lowest BCUT2D eigenvalue weighted by Crippen LogP contribution is -2.65. The highest BCUT2D eigenvalue weighted by Crippen LogP contribution is 2.51. The van der Waals surface area contributed by atoms with Crippen molar-refractivity contribution in [1.82, 2.24) is 42.5 Å². The fourth-order valence-electron chi connectivity index (χ4n) is 16.0. The number of halogens is 1. The Bertz CT molecular complexity index is 4560. The summed E-state index contributed by atoms with van der Waals surface area (Å²) >= 11 is 7.24. The zero-order chi connectivity index (χ0) is 87.1. The molecule has 654 valence electrons. The number of carbonyl (C=O) groups excluding carboxylic acids is 7. The first-order valence-corrected chi connectivity index (χ1v) is 40.6. The Morgan fingerprint density at radius 3 is 1.97 bits per heavy atom. The van der Waals surface area contributed by atoms with Crippen LogP contribution in [0.1, 0.15) is 190 Å². The van der Waals surface area contributed by atoms with Gasteiger partial charge in [0.25, 0.3) is 0 Å². The summed E-state index contributed by atoms with van der Waals surface area (Å²) in [6, 6.07) is 1.68. The average Bonchev–Trinajstić information content (AvgIpc) is 0.761. The first-order valence-electron chi connectivity index (χ1n) is 40.2. The third kappa shape index (κ3) is 20.9. The van der Waals surface area contributed by atoms with Crippen molar-refractivity contribution in [1.29, 1.82) is 0 Å². The van der Waals surface area contributed by atoms with Crippen molar-refractivity contribution in [2.75, 3.05) is 20.2 Å². The number of carbonyl (C=O) groups is 8. The highest BCUT2D eigenvalue weighted by molar-refractivity contribution is 6.32. The summed E-state index contributed by atoms with van der Waals surface area (Å²) in [4.78, 5) is 121. The molecule has 8 heterocycles. The highest BCUT2D eigenvalue weighted by atomic mass is 35.5. The zero-order valence-electron chi connectivity index (χ0n) is 67.7. The molecule has 0 saturated carbocycles. The molecule has 0 aromatic heterocycles. The minimum absolute atomic E-state index is 0.0391. The summed E-state index contributed by atoms with van der Waals surface area (Å²) in [5, 5.41) is 137. The van der Waals surface area contributed by atoms with E-state index in [4.69, 9.17) is 61.0 Å². The first-order chi connectivity index (χ1) is 56.8. The molecule has 0 aliphatic carbocycles. The number of primary amides is 1. The second kappa shape index (κ2) is 38.6. The van der Waals surface area contributed by atoms with Gasteiger partial charge in [0.2, 0.25) is 47.1 Å². The molecule has 3 fully saturated rings. The molecule has 120 heavy (non-hydrogen) atoms. The van der Waals surface area contributed by atoms with Crippen molar-refractivity contribution < 1.29 is 127 Å². The molecule has 8 aliphatic rings. The number of hydrogen-bond acceptors (Lipinski definition) is 28. The second-order valence-electron chi connectivity index (χ2n) is 32.5. The number of amides is 7. The van der Waals surface area contributed by atoms with Crippen LogP contribution in [-0.4, -0.2) is 215 Å². The van der Waals surface area contributed by atoms with Crippen LogP contribution in [0.4, 0.5) is 0 Å². The fourth-order valence-corrected chi connectivity index (χ4v) is 16.2. The number of aliphatic hydroxyl groups excluding tert-OH is 6. The number of phenols is 3. The van der Waals surface area contributed by atoms with Crippen molar-refractivity contribution >= 4 is 58.9 Å². The van der Waals surface area contributed by atoms with E-state index in [2.05, 4.69) is 49.5 Å². The van der Waals surface area contributed by atoms with E-state index in [-0.39, 0.29) is 58.4 Å². The smallest absolute Gasteiger partial charge is 0.332 e. The summed E-state index contributed by atoms with van der Waals surface area (Å²) in [7, 11) is 1.49. The van der Waals surface area contributed by atoms with Crippen molar-refractivity contribution in [2.45, 2.75) is 259 Å². The van der Waals surface area contributed by atoms with E-state index in [1.807, 2.05) is 13.8 Å². The van der Waals surface area contributed by atoms with Gasteiger partial charge in [0, 0.05) is 46.7 Å². The Labute approximate surface area is 696 Å². The zero-order valence-corrected chi connectivity index (χ0v) is 68.5. The maximum Gasteiger partial charge on any atom is 0.332 e. The Balaban J connectivity index is 1.16. The summed E-state index contributed by atoms with van der Waals surface area (Å²) in [6.07, 6.45) is -11.0. The van der Waals surface area contributed by atoms with Gasteiger partial charge in [-0.2, -0.15) is 0 Å². The van der Waals surface area contributed by atoms with Gasteiger partial charge in [-0.05, 0) is 137 Å². The number of aromatic hydroxyl groups is 3. The normalized spacial score (nSPS) is 30.5. The molecular weight excluding hydrogens is 1590 g/mol. The molecule has 0 spiro atoms. The van der Waals surface area contributed by atoms with Crippen LogP contribution >= 0.6 is 11.6 Å². The van der Waals surface area contributed by atoms with Gasteiger partial charge < -0.3 is 138 Å². The number of nitrogens with two attached hydrogens (primary N) is 2. The second-order valence-corrected chi connectivity index (χ2v) is 32.9. The number of nitrogens with one attached hydrogen (secondary N) is 8. The molecule has 2 unspecified atom stereocenters.